The van der Waals surface area contributed by atoms with E-state index in [4.69, 9.17) is 10.1 Å². The molecule has 0 saturated carbocycles. The summed E-state index contributed by atoms with van der Waals surface area (Å²) in [4.78, 5) is 22.8. The third kappa shape index (κ3) is 3.54. The number of fused-ring (bicyclic) bond motifs is 4. The maximum absolute atomic E-state index is 13.5. The molecule has 0 atom stereocenters. The molecule has 0 unspecified atom stereocenters. The Kier molecular flexibility index (Phi) is 5.57. The molecular weight excluding hydrogens is 378 g/mol. The van der Waals surface area contributed by atoms with E-state index >= 15 is 0 Å². The van der Waals surface area contributed by atoms with Gasteiger partial charge in [0.15, 0.2) is 5.16 Å². The zero-order valence-electron chi connectivity index (χ0n) is 16.3. The Morgan fingerprint density at radius 1 is 1.22 bits per heavy atom. The number of thioether (sulfide) groups is 1. The molecule has 8 heteroatoms. The van der Waals surface area contributed by atoms with Gasteiger partial charge < -0.3 is 4.90 Å². The van der Waals surface area contributed by atoms with Crippen molar-refractivity contribution in [1.82, 2.24) is 24.1 Å². The van der Waals surface area contributed by atoms with Crippen molar-refractivity contribution in [1.29, 1.82) is 0 Å². The van der Waals surface area contributed by atoms with Crippen molar-refractivity contribution in [3.05, 3.63) is 20.8 Å². The molecule has 0 spiro atoms. The highest BCUT2D eigenvalue weighted by molar-refractivity contribution is 7.99. The highest BCUT2D eigenvalue weighted by Crippen LogP contribution is 2.33. The molecule has 1 aliphatic carbocycles. The molecule has 4 rings (SSSR count). The average molecular weight is 406 g/mol. The minimum atomic E-state index is 0.0732. The number of aryl methyl sites for hydroxylation is 2. The van der Waals surface area contributed by atoms with Gasteiger partial charge in [0.2, 0.25) is 5.78 Å². The van der Waals surface area contributed by atoms with Crippen LogP contribution >= 0.6 is 23.1 Å². The lowest BCUT2D eigenvalue weighted by Gasteiger charge is -2.09. The molecule has 0 aromatic carbocycles. The van der Waals surface area contributed by atoms with E-state index in [1.165, 1.54) is 29.7 Å². The van der Waals surface area contributed by atoms with Crippen LogP contribution in [0.2, 0.25) is 0 Å². The minimum Gasteiger partial charge on any atom is -0.308 e. The van der Waals surface area contributed by atoms with Crippen molar-refractivity contribution in [3.63, 3.8) is 0 Å². The van der Waals surface area contributed by atoms with Crippen LogP contribution in [0.15, 0.2) is 9.95 Å². The Morgan fingerprint density at radius 3 is 2.81 bits per heavy atom. The minimum absolute atomic E-state index is 0.0732. The fourth-order valence-electron chi connectivity index (χ4n) is 3.64. The number of hydrogen-bond acceptors (Lipinski definition) is 6. The molecule has 3 heterocycles. The molecule has 0 saturated heterocycles. The molecule has 0 radical (unpaired) electrons. The van der Waals surface area contributed by atoms with Gasteiger partial charge in [0.1, 0.15) is 4.83 Å². The maximum atomic E-state index is 13.5. The van der Waals surface area contributed by atoms with Gasteiger partial charge in [-0.15, -0.1) is 16.4 Å². The second kappa shape index (κ2) is 7.93. The molecule has 0 amide bonds. The number of nitrogens with zero attached hydrogens (tertiary/aromatic N) is 5. The summed E-state index contributed by atoms with van der Waals surface area (Å²) in [5.74, 6) is 1.64. The molecule has 27 heavy (non-hydrogen) atoms. The van der Waals surface area contributed by atoms with Gasteiger partial charge in [0.25, 0.3) is 5.56 Å². The van der Waals surface area contributed by atoms with Crippen molar-refractivity contribution in [2.24, 2.45) is 0 Å². The standard InChI is InChI=1S/C19H27N5OS2/c1-4-12-26-19-21-23(11-10-22(2)3)18-20-16-15(17(25)24(18)19)13-8-6-5-7-9-14(13)27-16/h4-12H2,1-3H3. The van der Waals surface area contributed by atoms with Crippen molar-refractivity contribution in [2.75, 3.05) is 26.4 Å². The average Bonchev–Trinajstić information content (AvgIpc) is 3.08. The van der Waals surface area contributed by atoms with Gasteiger partial charge in [-0.1, -0.05) is 25.1 Å². The van der Waals surface area contributed by atoms with Crippen LogP contribution in [0.25, 0.3) is 16.0 Å². The molecule has 6 nitrogen and oxygen atoms in total. The summed E-state index contributed by atoms with van der Waals surface area (Å²) < 4.78 is 3.67. The molecule has 1 aliphatic rings. The SMILES string of the molecule is CCCSc1nn(CCN(C)C)c2nc3sc4c(c3c(=O)n12)CCCCC4. The Hall–Kier alpha value is -1.38. The zero-order valence-corrected chi connectivity index (χ0v) is 18.0. The first-order valence-corrected chi connectivity index (χ1v) is 11.6. The molecule has 0 N–H and O–H groups in total. The summed E-state index contributed by atoms with van der Waals surface area (Å²) >= 11 is 3.37. The van der Waals surface area contributed by atoms with Gasteiger partial charge >= 0.3 is 0 Å². The predicted octanol–water partition coefficient (Wildman–Crippen LogP) is 3.44. The van der Waals surface area contributed by atoms with Crippen LogP contribution < -0.4 is 5.56 Å². The highest BCUT2D eigenvalue weighted by atomic mass is 32.2. The highest BCUT2D eigenvalue weighted by Gasteiger charge is 2.23. The molecule has 0 fully saturated rings. The lowest BCUT2D eigenvalue weighted by molar-refractivity contribution is 0.374. The van der Waals surface area contributed by atoms with E-state index < -0.39 is 0 Å². The van der Waals surface area contributed by atoms with Crippen molar-refractivity contribution >= 4 is 39.1 Å². The fraction of sp³-hybridized carbons (Fsp3) is 0.632. The van der Waals surface area contributed by atoms with Crippen LogP contribution in [0, 0.1) is 0 Å². The molecule has 0 bridgehead atoms. The number of thiophene rings is 1. The smallest absolute Gasteiger partial charge is 0.270 e. The summed E-state index contributed by atoms with van der Waals surface area (Å²) in [5, 5.41) is 6.37. The Labute approximate surface area is 167 Å². The number of hydrogen-bond donors (Lipinski definition) is 0. The van der Waals surface area contributed by atoms with Crippen molar-refractivity contribution < 1.29 is 0 Å². The fourth-order valence-corrected chi connectivity index (χ4v) is 5.72. The van der Waals surface area contributed by atoms with Crippen LogP contribution in [-0.4, -0.2) is 50.5 Å². The lowest BCUT2D eigenvalue weighted by Crippen LogP contribution is -2.20. The monoisotopic (exact) mass is 405 g/mol. The van der Waals surface area contributed by atoms with Gasteiger partial charge in [-0.3, -0.25) is 4.79 Å². The zero-order chi connectivity index (χ0) is 19.0. The van der Waals surface area contributed by atoms with Crippen molar-refractivity contribution in [2.45, 2.75) is 57.1 Å². The molecule has 0 aliphatic heterocycles. The normalized spacial score (nSPS) is 15.0. The quantitative estimate of drug-likeness (QED) is 0.464. The van der Waals surface area contributed by atoms with Crippen LogP contribution in [0.4, 0.5) is 0 Å². The summed E-state index contributed by atoms with van der Waals surface area (Å²) in [6.07, 6.45) is 6.77. The number of aromatic nitrogens is 4. The van der Waals surface area contributed by atoms with E-state index in [9.17, 15) is 4.79 Å². The van der Waals surface area contributed by atoms with Crippen LogP contribution in [-0.2, 0) is 19.4 Å². The van der Waals surface area contributed by atoms with Gasteiger partial charge in [-0.05, 0) is 51.8 Å². The lowest BCUT2D eigenvalue weighted by atomic mass is 10.1. The maximum Gasteiger partial charge on any atom is 0.270 e. The Morgan fingerprint density at radius 2 is 2.04 bits per heavy atom. The van der Waals surface area contributed by atoms with E-state index in [1.807, 2.05) is 18.8 Å². The predicted molar refractivity (Wildman–Crippen MR) is 113 cm³/mol. The molecule has 3 aromatic rings. The first-order chi connectivity index (χ1) is 13.1. The second-order valence-corrected chi connectivity index (χ2v) is 9.60. The molecule has 146 valence electrons. The second-order valence-electron chi connectivity index (χ2n) is 7.45. The van der Waals surface area contributed by atoms with Gasteiger partial charge in [0.05, 0.1) is 11.9 Å². The van der Waals surface area contributed by atoms with Gasteiger partial charge in [-0.25, -0.2) is 14.1 Å². The summed E-state index contributed by atoms with van der Waals surface area (Å²) in [7, 11) is 4.10. The van der Waals surface area contributed by atoms with E-state index in [-0.39, 0.29) is 5.56 Å². The van der Waals surface area contributed by atoms with Gasteiger partial charge in [0, 0.05) is 17.2 Å². The van der Waals surface area contributed by atoms with Crippen LogP contribution in [0.3, 0.4) is 0 Å². The van der Waals surface area contributed by atoms with Crippen molar-refractivity contribution in [3.8, 4) is 0 Å². The molecule has 3 aromatic heterocycles. The first-order valence-electron chi connectivity index (χ1n) is 9.81. The van der Waals surface area contributed by atoms with E-state index in [0.29, 0.717) is 5.78 Å². The molecular formula is C19H27N5OS2. The van der Waals surface area contributed by atoms with E-state index in [1.54, 1.807) is 27.5 Å². The summed E-state index contributed by atoms with van der Waals surface area (Å²) in [5.41, 5.74) is 1.33. The largest absolute Gasteiger partial charge is 0.308 e. The Bertz CT molecular complexity index is 1020. The van der Waals surface area contributed by atoms with Crippen LogP contribution in [0.1, 0.15) is 43.0 Å². The number of rotatable bonds is 6. The Balaban J connectivity index is 1.92. The van der Waals surface area contributed by atoms with E-state index in [0.717, 1.165) is 53.5 Å². The summed E-state index contributed by atoms with van der Waals surface area (Å²) in [6, 6.07) is 0. The summed E-state index contributed by atoms with van der Waals surface area (Å²) in [6.45, 7) is 3.74. The number of likely N-dealkylation sites (N-methyl/N-ethyl adjacent to an activating group) is 1. The third-order valence-corrected chi connectivity index (χ3v) is 7.36. The van der Waals surface area contributed by atoms with E-state index in [2.05, 4.69) is 11.8 Å². The van der Waals surface area contributed by atoms with Gasteiger partial charge in [-0.2, -0.15) is 0 Å². The topological polar surface area (TPSA) is 55.4 Å². The third-order valence-electron chi connectivity index (χ3n) is 5.04. The van der Waals surface area contributed by atoms with Crippen LogP contribution in [0.5, 0.6) is 0 Å². The first kappa shape index (κ1) is 19.0.